The molecule has 0 saturated carbocycles. The first-order valence-electron chi connectivity index (χ1n) is 5.42. The van der Waals surface area contributed by atoms with Crippen molar-refractivity contribution in [2.75, 3.05) is 0 Å². The van der Waals surface area contributed by atoms with Crippen LogP contribution in [0.1, 0.15) is 54.4 Å². The summed E-state index contributed by atoms with van der Waals surface area (Å²) in [4.78, 5) is 11.9. The minimum absolute atomic E-state index is 0.193. The standard InChI is InChI=1S/C13H24O/c1-10(2)7-8-13(5,6)12(14)9-11(3)4/h7,11H,8-9H2,1-6H3. The molecule has 0 bridgehead atoms. The van der Waals surface area contributed by atoms with Gasteiger partial charge in [0.1, 0.15) is 5.78 Å². The van der Waals surface area contributed by atoms with Gasteiger partial charge >= 0.3 is 0 Å². The highest BCUT2D eigenvalue weighted by atomic mass is 16.1. The molecule has 0 aliphatic rings. The van der Waals surface area contributed by atoms with Crippen LogP contribution in [-0.4, -0.2) is 5.78 Å². The van der Waals surface area contributed by atoms with E-state index in [-0.39, 0.29) is 5.41 Å². The summed E-state index contributed by atoms with van der Waals surface area (Å²) in [5.74, 6) is 0.846. The number of carbonyl (C=O) groups is 1. The fraction of sp³-hybridized carbons (Fsp3) is 0.769. The van der Waals surface area contributed by atoms with Gasteiger partial charge in [-0.1, -0.05) is 39.3 Å². The first-order chi connectivity index (χ1) is 6.25. The maximum atomic E-state index is 11.9. The molecule has 0 aromatic carbocycles. The lowest BCUT2D eigenvalue weighted by Crippen LogP contribution is -2.24. The van der Waals surface area contributed by atoms with Crippen LogP contribution in [0.15, 0.2) is 11.6 Å². The molecule has 0 unspecified atom stereocenters. The molecule has 0 aliphatic carbocycles. The molecule has 0 spiro atoms. The molecule has 0 amide bonds. The molecule has 0 N–H and O–H groups in total. The number of allylic oxidation sites excluding steroid dienone is 2. The van der Waals surface area contributed by atoms with Crippen molar-refractivity contribution in [1.29, 1.82) is 0 Å². The van der Waals surface area contributed by atoms with E-state index in [0.29, 0.717) is 18.1 Å². The Bertz CT molecular complexity index is 217. The van der Waals surface area contributed by atoms with Gasteiger partial charge in [-0.05, 0) is 26.2 Å². The van der Waals surface area contributed by atoms with Crippen molar-refractivity contribution < 1.29 is 4.79 Å². The van der Waals surface area contributed by atoms with Crippen LogP contribution in [0.25, 0.3) is 0 Å². The summed E-state index contributed by atoms with van der Waals surface area (Å²) in [6.07, 6.45) is 3.71. The summed E-state index contributed by atoms with van der Waals surface area (Å²) < 4.78 is 0. The number of hydrogen-bond acceptors (Lipinski definition) is 1. The maximum absolute atomic E-state index is 11.9. The quantitative estimate of drug-likeness (QED) is 0.608. The summed E-state index contributed by atoms with van der Waals surface area (Å²) in [5, 5.41) is 0. The van der Waals surface area contributed by atoms with Crippen LogP contribution in [0, 0.1) is 11.3 Å². The van der Waals surface area contributed by atoms with Gasteiger partial charge in [-0.2, -0.15) is 0 Å². The predicted molar refractivity (Wildman–Crippen MR) is 62.3 cm³/mol. The molecule has 1 heteroatoms. The average Bonchev–Trinajstić information content (AvgIpc) is 1.99. The van der Waals surface area contributed by atoms with Crippen LogP contribution in [0.4, 0.5) is 0 Å². The number of carbonyl (C=O) groups excluding carboxylic acids is 1. The van der Waals surface area contributed by atoms with E-state index in [2.05, 4.69) is 33.8 Å². The fourth-order valence-electron chi connectivity index (χ4n) is 1.22. The lowest BCUT2D eigenvalue weighted by Gasteiger charge is -2.22. The van der Waals surface area contributed by atoms with Gasteiger partial charge in [0.2, 0.25) is 0 Å². The van der Waals surface area contributed by atoms with Crippen molar-refractivity contribution in [3.63, 3.8) is 0 Å². The Morgan fingerprint density at radius 2 is 1.79 bits per heavy atom. The van der Waals surface area contributed by atoms with E-state index in [4.69, 9.17) is 0 Å². The van der Waals surface area contributed by atoms with E-state index in [0.717, 1.165) is 6.42 Å². The second-order valence-electron chi connectivity index (χ2n) is 5.39. The average molecular weight is 196 g/mol. The molecule has 14 heavy (non-hydrogen) atoms. The van der Waals surface area contributed by atoms with Crippen molar-refractivity contribution in [3.05, 3.63) is 11.6 Å². The van der Waals surface area contributed by atoms with Gasteiger partial charge in [-0.3, -0.25) is 4.79 Å². The molecule has 0 saturated heterocycles. The number of rotatable bonds is 5. The first kappa shape index (κ1) is 13.4. The van der Waals surface area contributed by atoms with Crippen LogP contribution >= 0.6 is 0 Å². The molecule has 1 nitrogen and oxygen atoms in total. The molecular formula is C13H24O. The predicted octanol–water partition coefficient (Wildman–Crippen LogP) is 3.98. The molecule has 0 radical (unpaired) electrons. The van der Waals surface area contributed by atoms with Gasteiger partial charge < -0.3 is 0 Å². The lowest BCUT2D eigenvalue weighted by molar-refractivity contribution is -0.127. The largest absolute Gasteiger partial charge is 0.299 e. The Morgan fingerprint density at radius 3 is 2.14 bits per heavy atom. The monoisotopic (exact) mass is 196 g/mol. The summed E-state index contributed by atoms with van der Waals surface area (Å²) in [5.41, 5.74) is 1.09. The Labute approximate surface area is 88.6 Å². The zero-order chi connectivity index (χ0) is 11.4. The van der Waals surface area contributed by atoms with E-state index in [1.54, 1.807) is 0 Å². The van der Waals surface area contributed by atoms with E-state index in [9.17, 15) is 4.79 Å². The molecule has 0 rings (SSSR count). The van der Waals surface area contributed by atoms with Gasteiger partial charge in [0.15, 0.2) is 0 Å². The second-order valence-corrected chi connectivity index (χ2v) is 5.39. The highest BCUT2D eigenvalue weighted by Gasteiger charge is 2.26. The van der Waals surface area contributed by atoms with E-state index >= 15 is 0 Å². The number of ketones is 1. The molecule has 0 aromatic rings. The molecule has 0 atom stereocenters. The van der Waals surface area contributed by atoms with Crippen molar-refractivity contribution in [3.8, 4) is 0 Å². The minimum atomic E-state index is -0.193. The summed E-state index contributed by atoms with van der Waals surface area (Å²) in [7, 11) is 0. The Kier molecular flexibility index (Phi) is 5.11. The SMILES string of the molecule is CC(C)=CCC(C)(C)C(=O)CC(C)C. The molecule has 82 valence electrons. The van der Waals surface area contributed by atoms with Gasteiger partial charge in [0.25, 0.3) is 0 Å². The van der Waals surface area contributed by atoms with Crippen molar-refractivity contribution >= 4 is 5.78 Å². The van der Waals surface area contributed by atoms with Gasteiger partial charge in [-0.15, -0.1) is 0 Å². The van der Waals surface area contributed by atoms with Crippen LogP contribution in [0.5, 0.6) is 0 Å². The van der Waals surface area contributed by atoms with Gasteiger partial charge in [0.05, 0.1) is 0 Å². The fourth-order valence-corrected chi connectivity index (χ4v) is 1.22. The highest BCUT2D eigenvalue weighted by Crippen LogP contribution is 2.26. The Balaban J connectivity index is 4.31. The van der Waals surface area contributed by atoms with Crippen LogP contribution < -0.4 is 0 Å². The van der Waals surface area contributed by atoms with Gasteiger partial charge in [0, 0.05) is 11.8 Å². The number of Topliss-reactive ketones (excluding diaryl/α,β-unsaturated/α-hetero) is 1. The van der Waals surface area contributed by atoms with Gasteiger partial charge in [-0.25, -0.2) is 0 Å². The first-order valence-corrected chi connectivity index (χ1v) is 5.42. The lowest BCUT2D eigenvalue weighted by atomic mass is 9.80. The van der Waals surface area contributed by atoms with Crippen molar-refractivity contribution in [2.45, 2.75) is 54.4 Å². The van der Waals surface area contributed by atoms with E-state index in [1.807, 2.05) is 13.8 Å². The third kappa shape index (κ3) is 5.21. The van der Waals surface area contributed by atoms with Crippen LogP contribution in [0.2, 0.25) is 0 Å². The normalized spacial score (nSPS) is 11.6. The molecule has 0 aromatic heterocycles. The summed E-state index contributed by atoms with van der Waals surface area (Å²) in [6.45, 7) is 12.4. The highest BCUT2D eigenvalue weighted by molar-refractivity contribution is 5.84. The molecule has 0 fully saturated rings. The zero-order valence-corrected chi connectivity index (χ0v) is 10.5. The van der Waals surface area contributed by atoms with Crippen LogP contribution in [0.3, 0.4) is 0 Å². The molecule has 0 heterocycles. The third-order valence-corrected chi connectivity index (χ3v) is 2.37. The molecule has 0 aliphatic heterocycles. The Morgan fingerprint density at radius 1 is 1.29 bits per heavy atom. The maximum Gasteiger partial charge on any atom is 0.139 e. The minimum Gasteiger partial charge on any atom is -0.299 e. The van der Waals surface area contributed by atoms with Crippen molar-refractivity contribution in [1.82, 2.24) is 0 Å². The van der Waals surface area contributed by atoms with Crippen molar-refractivity contribution in [2.24, 2.45) is 11.3 Å². The number of hydrogen-bond donors (Lipinski definition) is 0. The smallest absolute Gasteiger partial charge is 0.139 e. The van der Waals surface area contributed by atoms with E-state index in [1.165, 1.54) is 5.57 Å². The zero-order valence-electron chi connectivity index (χ0n) is 10.5. The second kappa shape index (κ2) is 5.33. The third-order valence-electron chi connectivity index (χ3n) is 2.37. The summed E-state index contributed by atoms with van der Waals surface area (Å²) >= 11 is 0. The van der Waals surface area contributed by atoms with E-state index < -0.39 is 0 Å². The van der Waals surface area contributed by atoms with Crippen LogP contribution in [-0.2, 0) is 4.79 Å². The summed E-state index contributed by atoms with van der Waals surface area (Å²) in [6, 6.07) is 0. The molecular weight excluding hydrogens is 172 g/mol. The topological polar surface area (TPSA) is 17.1 Å². The Hall–Kier alpha value is -0.590.